The Hall–Kier alpha value is -1.95. The molecule has 1 aliphatic carbocycles. The van der Waals surface area contributed by atoms with Gasteiger partial charge in [0.25, 0.3) is 0 Å². The maximum atomic E-state index is 13.8. The molecule has 2 saturated heterocycles. The average molecular weight is 358 g/mol. The smallest absolute Gasteiger partial charge is 0.314 e. The number of hydrogen-bond donors (Lipinski definition) is 2. The first-order chi connectivity index (χ1) is 12.6. The molecule has 1 unspecified atom stereocenters. The molecule has 1 aromatic rings. The summed E-state index contributed by atoms with van der Waals surface area (Å²) in [6.07, 6.45) is 7.40. The first kappa shape index (κ1) is 17.5. The SMILES string of the molecule is C[C@@H]1CC2(CCN1)C(=NC1CCCCC1)NC(=O)N2c1cccc(F)c1. The molecule has 0 aromatic heterocycles. The first-order valence-corrected chi connectivity index (χ1v) is 9.77. The summed E-state index contributed by atoms with van der Waals surface area (Å²) >= 11 is 0. The van der Waals surface area contributed by atoms with Gasteiger partial charge in [0.15, 0.2) is 0 Å². The highest BCUT2D eigenvalue weighted by molar-refractivity contribution is 6.19. The number of urea groups is 1. The Labute approximate surface area is 154 Å². The van der Waals surface area contributed by atoms with E-state index in [1.54, 1.807) is 17.0 Å². The van der Waals surface area contributed by atoms with Crippen LogP contribution in [0.25, 0.3) is 0 Å². The van der Waals surface area contributed by atoms with Gasteiger partial charge in [-0.15, -0.1) is 0 Å². The van der Waals surface area contributed by atoms with Crippen molar-refractivity contribution in [1.29, 1.82) is 0 Å². The van der Waals surface area contributed by atoms with Gasteiger partial charge in [-0.3, -0.25) is 15.2 Å². The summed E-state index contributed by atoms with van der Waals surface area (Å²) in [6.45, 7) is 2.94. The van der Waals surface area contributed by atoms with Crippen LogP contribution < -0.4 is 15.5 Å². The fraction of sp³-hybridized carbons (Fsp3) is 0.600. The first-order valence-electron chi connectivity index (χ1n) is 9.77. The van der Waals surface area contributed by atoms with E-state index in [2.05, 4.69) is 17.6 Å². The second-order valence-electron chi connectivity index (χ2n) is 7.86. The van der Waals surface area contributed by atoms with Gasteiger partial charge in [0.2, 0.25) is 0 Å². The van der Waals surface area contributed by atoms with Crippen molar-refractivity contribution in [2.75, 3.05) is 11.4 Å². The minimum atomic E-state index is -0.507. The lowest BCUT2D eigenvalue weighted by Gasteiger charge is -2.43. The van der Waals surface area contributed by atoms with Crippen molar-refractivity contribution >= 4 is 17.6 Å². The minimum Gasteiger partial charge on any atom is -0.314 e. The number of aliphatic imine (C=N–C) groups is 1. The largest absolute Gasteiger partial charge is 0.328 e. The number of amides is 2. The summed E-state index contributed by atoms with van der Waals surface area (Å²) in [5, 5.41) is 6.50. The molecular weight excluding hydrogens is 331 g/mol. The number of anilines is 1. The number of rotatable bonds is 2. The van der Waals surface area contributed by atoms with Crippen LogP contribution in [0.15, 0.2) is 29.3 Å². The molecule has 2 aliphatic heterocycles. The quantitative estimate of drug-likeness (QED) is 0.849. The van der Waals surface area contributed by atoms with E-state index in [0.717, 1.165) is 38.1 Å². The normalized spacial score (nSPS) is 31.6. The zero-order valence-corrected chi connectivity index (χ0v) is 15.3. The third kappa shape index (κ3) is 3.11. The Bertz CT molecular complexity index is 716. The molecule has 2 atom stereocenters. The fourth-order valence-electron chi connectivity index (χ4n) is 4.72. The standard InChI is InChI=1S/C20H27FN4O/c1-14-13-20(10-11-22-14)18(23-16-7-3-2-4-8-16)24-19(26)25(20)17-9-5-6-15(21)12-17/h5-6,9,12,14,16,22H,2-4,7-8,10-11,13H2,1H3,(H,23,24,26)/t14-,20?/m1/s1. The molecule has 1 aromatic carbocycles. The number of piperidine rings is 1. The van der Waals surface area contributed by atoms with Gasteiger partial charge >= 0.3 is 6.03 Å². The Balaban J connectivity index is 1.75. The Kier molecular flexibility index (Phi) is 4.69. The maximum absolute atomic E-state index is 13.8. The van der Waals surface area contributed by atoms with Gasteiger partial charge in [0.1, 0.15) is 17.2 Å². The molecule has 4 rings (SSSR count). The summed E-state index contributed by atoms with van der Waals surface area (Å²) in [5.41, 5.74) is 0.0953. The van der Waals surface area contributed by atoms with Crippen LogP contribution in [0.3, 0.4) is 0 Å². The number of amidine groups is 1. The lowest BCUT2D eigenvalue weighted by atomic mass is 9.82. The molecule has 6 heteroatoms. The third-order valence-electron chi connectivity index (χ3n) is 5.93. The van der Waals surface area contributed by atoms with Crippen molar-refractivity contribution in [2.24, 2.45) is 4.99 Å². The van der Waals surface area contributed by atoms with E-state index in [1.807, 2.05) is 0 Å². The summed E-state index contributed by atoms with van der Waals surface area (Å²) in [6, 6.07) is 6.67. The Morgan fingerprint density at radius 2 is 2.08 bits per heavy atom. The predicted octanol–water partition coefficient (Wildman–Crippen LogP) is 3.60. The summed E-state index contributed by atoms with van der Waals surface area (Å²) in [5.74, 6) is 0.456. The van der Waals surface area contributed by atoms with Gasteiger partial charge < -0.3 is 5.32 Å². The molecule has 1 saturated carbocycles. The number of nitrogens with zero attached hydrogens (tertiary/aromatic N) is 2. The Morgan fingerprint density at radius 1 is 1.27 bits per heavy atom. The number of halogens is 1. The molecule has 1 spiro atoms. The van der Waals surface area contributed by atoms with E-state index < -0.39 is 5.54 Å². The molecule has 26 heavy (non-hydrogen) atoms. The van der Waals surface area contributed by atoms with Crippen molar-refractivity contribution in [1.82, 2.24) is 10.6 Å². The summed E-state index contributed by atoms with van der Waals surface area (Å²) in [7, 11) is 0. The molecular formula is C20H27FN4O. The molecule has 0 bridgehead atoms. The van der Waals surface area contributed by atoms with E-state index in [-0.39, 0.29) is 23.9 Å². The highest BCUT2D eigenvalue weighted by Gasteiger charge is 2.53. The van der Waals surface area contributed by atoms with Gasteiger partial charge in [-0.1, -0.05) is 25.3 Å². The highest BCUT2D eigenvalue weighted by Crippen LogP contribution is 2.38. The van der Waals surface area contributed by atoms with E-state index in [0.29, 0.717) is 5.69 Å². The van der Waals surface area contributed by atoms with Crippen molar-refractivity contribution < 1.29 is 9.18 Å². The van der Waals surface area contributed by atoms with Crippen molar-refractivity contribution in [3.63, 3.8) is 0 Å². The van der Waals surface area contributed by atoms with E-state index >= 15 is 0 Å². The highest BCUT2D eigenvalue weighted by atomic mass is 19.1. The average Bonchev–Trinajstić information content (AvgIpc) is 2.86. The fourth-order valence-corrected chi connectivity index (χ4v) is 4.72. The van der Waals surface area contributed by atoms with Gasteiger partial charge in [0, 0.05) is 11.7 Å². The molecule has 5 nitrogen and oxygen atoms in total. The monoisotopic (exact) mass is 358 g/mol. The Morgan fingerprint density at radius 3 is 2.81 bits per heavy atom. The number of nitrogens with one attached hydrogen (secondary N) is 2. The third-order valence-corrected chi connectivity index (χ3v) is 5.93. The zero-order valence-electron chi connectivity index (χ0n) is 15.3. The lowest BCUT2D eigenvalue weighted by Crippen LogP contribution is -2.58. The molecule has 2 heterocycles. The number of carbonyl (C=O) groups is 1. The van der Waals surface area contributed by atoms with Crippen LogP contribution in [-0.4, -0.2) is 36.0 Å². The summed E-state index contributed by atoms with van der Waals surface area (Å²) in [4.78, 5) is 19.7. The molecule has 3 fully saturated rings. The lowest BCUT2D eigenvalue weighted by molar-refractivity contribution is 0.246. The molecule has 0 radical (unpaired) electrons. The van der Waals surface area contributed by atoms with Gasteiger partial charge in [-0.2, -0.15) is 0 Å². The number of carbonyl (C=O) groups excluding carboxylic acids is 1. The topological polar surface area (TPSA) is 56.7 Å². The summed E-state index contributed by atoms with van der Waals surface area (Å²) < 4.78 is 13.8. The predicted molar refractivity (Wildman–Crippen MR) is 101 cm³/mol. The second-order valence-corrected chi connectivity index (χ2v) is 7.86. The second kappa shape index (κ2) is 6.99. The number of hydrogen-bond acceptors (Lipinski definition) is 3. The molecule has 3 aliphatic rings. The van der Waals surface area contributed by atoms with Crippen LogP contribution in [0.2, 0.25) is 0 Å². The minimum absolute atomic E-state index is 0.195. The van der Waals surface area contributed by atoms with Crippen molar-refractivity contribution in [2.45, 2.75) is 69.5 Å². The molecule has 140 valence electrons. The van der Waals surface area contributed by atoms with Crippen LogP contribution >= 0.6 is 0 Å². The van der Waals surface area contributed by atoms with Crippen LogP contribution in [0.4, 0.5) is 14.9 Å². The van der Waals surface area contributed by atoms with Gasteiger partial charge in [-0.05, 0) is 57.4 Å². The van der Waals surface area contributed by atoms with Crippen LogP contribution in [-0.2, 0) is 0 Å². The van der Waals surface area contributed by atoms with Gasteiger partial charge in [-0.25, -0.2) is 9.18 Å². The maximum Gasteiger partial charge on any atom is 0.328 e. The van der Waals surface area contributed by atoms with E-state index in [9.17, 15) is 9.18 Å². The van der Waals surface area contributed by atoms with Crippen LogP contribution in [0, 0.1) is 5.82 Å². The zero-order chi connectivity index (χ0) is 18.1. The van der Waals surface area contributed by atoms with E-state index in [4.69, 9.17) is 4.99 Å². The van der Waals surface area contributed by atoms with E-state index in [1.165, 1.54) is 31.4 Å². The van der Waals surface area contributed by atoms with Crippen LogP contribution in [0.1, 0.15) is 51.9 Å². The molecule has 2 N–H and O–H groups in total. The molecule has 2 amide bonds. The van der Waals surface area contributed by atoms with Crippen molar-refractivity contribution in [3.05, 3.63) is 30.1 Å². The van der Waals surface area contributed by atoms with Gasteiger partial charge in [0.05, 0.1) is 6.04 Å². The van der Waals surface area contributed by atoms with Crippen molar-refractivity contribution in [3.8, 4) is 0 Å². The van der Waals surface area contributed by atoms with Crippen LogP contribution in [0.5, 0.6) is 0 Å². The number of benzene rings is 1.